The molecule has 0 N–H and O–H groups in total. The Kier molecular flexibility index (Phi) is 9.28. The minimum Gasteiger partial charge on any atom is -0.310 e. The summed E-state index contributed by atoms with van der Waals surface area (Å²) in [7, 11) is 0. The molecule has 0 aliphatic rings. The molecule has 0 amide bonds. The number of anilines is 6. The average molecular weight is 731 g/mol. The van der Waals surface area contributed by atoms with Gasteiger partial charge in [-0.1, -0.05) is 42.5 Å². The molecule has 280 valence electrons. The monoisotopic (exact) mass is 730 g/mol. The van der Waals surface area contributed by atoms with Crippen LogP contribution in [0.25, 0.3) is 32.3 Å². The molecule has 8 aromatic rings. The second-order valence-corrected chi connectivity index (χ2v) is 16.5. The van der Waals surface area contributed by atoms with Crippen molar-refractivity contribution in [2.24, 2.45) is 0 Å². The summed E-state index contributed by atoms with van der Waals surface area (Å²) in [6.07, 6.45) is 0. The van der Waals surface area contributed by atoms with Crippen LogP contribution in [0, 0.1) is 83.1 Å². The third-order valence-electron chi connectivity index (χ3n) is 12.9. The zero-order chi connectivity index (χ0) is 39.7. The van der Waals surface area contributed by atoms with Gasteiger partial charge in [0.15, 0.2) is 0 Å². The van der Waals surface area contributed by atoms with Gasteiger partial charge in [-0.15, -0.1) is 0 Å². The number of aryl methyl sites for hydroxylation is 10. The Morgan fingerprint density at radius 1 is 0.250 bits per heavy atom. The summed E-state index contributed by atoms with van der Waals surface area (Å²) >= 11 is 0. The lowest BCUT2D eigenvalue weighted by Gasteiger charge is -2.31. The first-order chi connectivity index (χ1) is 26.7. The van der Waals surface area contributed by atoms with E-state index >= 15 is 0 Å². The number of fused-ring (bicyclic) bond motifs is 5. The molecule has 0 radical (unpaired) electrons. The fraction of sp³-hybridized carbons (Fsp3) is 0.222. The highest BCUT2D eigenvalue weighted by atomic mass is 15.2. The largest absolute Gasteiger partial charge is 0.310 e. The van der Waals surface area contributed by atoms with Gasteiger partial charge in [0, 0.05) is 33.5 Å². The summed E-state index contributed by atoms with van der Waals surface area (Å²) in [6.45, 7) is 26.8. The number of benzene rings is 8. The quantitative estimate of drug-likeness (QED) is 0.157. The van der Waals surface area contributed by atoms with E-state index in [1.165, 1.54) is 122 Å². The maximum Gasteiger partial charge on any atom is 0.0546 e. The molecule has 8 rings (SSSR count). The number of hydrogen-bond donors (Lipinski definition) is 0. The first-order valence-electron chi connectivity index (χ1n) is 20.0. The molecule has 0 spiro atoms. The van der Waals surface area contributed by atoms with Crippen LogP contribution in [0.5, 0.6) is 0 Å². The summed E-state index contributed by atoms with van der Waals surface area (Å²) in [6, 6.07) is 42.1. The minimum absolute atomic E-state index is 1.16. The molecule has 0 aromatic heterocycles. The van der Waals surface area contributed by atoms with E-state index in [1.807, 2.05) is 0 Å². The van der Waals surface area contributed by atoms with Gasteiger partial charge in [-0.3, -0.25) is 0 Å². The van der Waals surface area contributed by atoms with E-state index in [-0.39, 0.29) is 0 Å². The fourth-order valence-corrected chi connectivity index (χ4v) is 8.46. The molecule has 56 heavy (non-hydrogen) atoms. The lowest BCUT2D eigenvalue weighted by atomic mass is 9.91. The van der Waals surface area contributed by atoms with Gasteiger partial charge in [-0.2, -0.15) is 0 Å². The molecule has 0 atom stereocenters. The zero-order valence-electron chi connectivity index (χ0n) is 35.3. The van der Waals surface area contributed by atoms with E-state index in [9.17, 15) is 0 Å². The maximum absolute atomic E-state index is 2.51. The Bertz CT molecular complexity index is 2740. The Morgan fingerprint density at radius 2 is 0.589 bits per heavy atom. The van der Waals surface area contributed by atoms with Crippen LogP contribution >= 0.6 is 0 Å². The zero-order valence-corrected chi connectivity index (χ0v) is 35.3. The lowest BCUT2D eigenvalue weighted by molar-refractivity contribution is 1.20. The van der Waals surface area contributed by atoms with Crippen molar-refractivity contribution in [2.45, 2.75) is 83.1 Å². The summed E-state index contributed by atoms with van der Waals surface area (Å²) < 4.78 is 0. The van der Waals surface area contributed by atoms with Crippen LogP contribution in [0.4, 0.5) is 34.1 Å². The standard InChI is InChI=1S/C54H54N2/c1-31-17-19-43(21-33(31)3)55(44-20-18-32(2)34(4)22-44)54-29-50-47-15-13-14-16-48(47)53(30-51(50)49-27-35(5)36(6)28-52(49)54)56(45-23-37(7)41(11)38(8)24-45)46-25-39(9)42(12)40(10)26-46/h13-30H,1-12H3. The molecule has 0 saturated heterocycles. The molecule has 0 unspecified atom stereocenters. The summed E-state index contributed by atoms with van der Waals surface area (Å²) in [5.74, 6) is 0. The molecule has 0 heterocycles. The van der Waals surface area contributed by atoms with Crippen molar-refractivity contribution in [3.8, 4) is 0 Å². The SMILES string of the molecule is Cc1ccc(N(c2ccc(C)c(C)c2)c2cc3c4ccccc4c(N(c4cc(C)c(C)c(C)c4)c4cc(C)c(C)c(C)c4)cc3c3cc(C)c(C)cc23)cc1C. The van der Waals surface area contributed by atoms with E-state index in [0.29, 0.717) is 0 Å². The number of hydrogen-bond acceptors (Lipinski definition) is 2. The first-order valence-corrected chi connectivity index (χ1v) is 20.0. The van der Waals surface area contributed by atoms with E-state index in [0.717, 1.165) is 11.4 Å². The molecule has 0 saturated carbocycles. The molecule has 0 bridgehead atoms. The fourth-order valence-electron chi connectivity index (χ4n) is 8.46. The van der Waals surface area contributed by atoms with Gasteiger partial charge in [-0.05, 0) is 238 Å². The second kappa shape index (κ2) is 14.0. The topological polar surface area (TPSA) is 6.48 Å². The van der Waals surface area contributed by atoms with Crippen molar-refractivity contribution in [2.75, 3.05) is 9.80 Å². The second-order valence-electron chi connectivity index (χ2n) is 16.5. The Morgan fingerprint density at radius 3 is 1.05 bits per heavy atom. The van der Waals surface area contributed by atoms with Gasteiger partial charge in [0.25, 0.3) is 0 Å². The Labute approximate surface area is 334 Å². The Hall–Kier alpha value is -5.86. The van der Waals surface area contributed by atoms with E-state index in [2.05, 4.69) is 202 Å². The minimum atomic E-state index is 1.16. The van der Waals surface area contributed by atoms with Crippen molar-refractivity contribution in [3.05, 3.63) is 176 Å². The highest BCUT2D eigenvalue weighted by Gasteiger charge is 2.24. The highest BCUT2D eigenvalue weighted by Crippen LogP contribution is 2.49. The van der Waals surface area contributed by atoms with E-state index in [1.54, 1.807) is 0 Å². The predicted octanol–water partition coefficient (Wildman–Crippen LogP) is 15.8. The van der Waals surface area contributed by atoms with Gasteiger partial charge in [-0.25, -0.2) is 0 Å². The first kappa shape index (κ1) is 37.1. The van der Waals surface area contributed by atoms with Gasteiger partial charge >= 0.3 is 0 Å². The average Bonchev–Trinajstić information content (AvgIpc) is 3.16. The number of nitrogens with zero attached hydrogens (tertiary/aromatic N) is 2. The van der Waals surface area contributed by atoms with Crippen LogP contribution in [-0.2, 0) is 0 Å². The molecule has 0 fully saturated rings. The van der Waals surface area contributed by atoms with Crippen LogP contribution < -0.4 is 9.80 Å². The van der Waals surface area contributed by atoms with Crippen molar-refractivity contribution in [1.82, 2.24) is 0 Å². The van der Waals surface area contributed by atoms with Crippen LogP contribution in [-0.4, -0.2) is 0 Å². The summed E-state index contributed by atoms with van der Waals surface area (Å²) in [4.78, 5) is 5.00. The van der Waals surface area contributed by atoms with Crippen LogP contribution in [0.3, 0.4) is 0 Å². The normalized spacial score (nSPS) is 11.6. The molecule has 8 aromatic carbocycles. The van der Waals surface area contributed by atoms with E-state index in [4.69, 9.17) is 0 Å². The van der Waals surface area contributed by atoms with Crippen molar-refractivity contribution in [1.29, 1.82) is 0 Å². The smallest absolute Gasteiger partial charge is 0.0546 e. The van der Waals surface area contributed by atoms with Crippen LogP contribution in [0.2, 0.25) is 0 Å². The van der Waals surface area contributed by atoms with Crippen LogP contribution in [0.1, 0.15) is 66.8 Å². The Balaban J connectivity index is 1.52. The molecule has 2 heteroatoms. The van der Waals surface area contributed by atoms with Gasteiger partial charge in [0.1, 0.15) is 0 Å². The lowest BCUT2D eigenvalue weighted by Crippen LogP contribution is -2.13. The van der Waals surface area contributed by atoms with Crippen LogP contribution in [0.15, 0.2) is 109 Å². The molecule has 0 aliphatic heterocycles. The van der Waals surface area contributed by atoms with Gasteiger partial charge < -0.3 is 9.80 Å². The molecule has 0 aliphatic carbocycles. The number of rotatable bonds is 6. The van der Waals surface area contributed by atoms with Crippen molar-refractivity contribution >= 4 is 66.4 Å². The third-order valence-corrected chi connectivity index (χ3v) is 12.9. The van der Waals surface area contributed by atoms with Crippen molar-refractivity contribution in [3.63, 3.8) is 0 Å². The predicted molar refractivity (Wildman–Crippen MR) is 245 cm³/mol. The maximum atomic E-state index is 2.51. The molecular weight excluding hydrogens is 677 g/mol. The third kappa shape index (κ3) is 6.22. The van der Waals surface area contributed by atoms with Crippen molar-refractivity contribution < 1.29 is 0 Å². The highest BCUT2D eigenvalue weighted by molar-refractivity contribution is 6.24. The molecular formula is C54H54N2. The summed E-state index contributed by atoms with van der Waals surface area (Å²) in [5, 5.41) is 7.48. The van der Waals surface area contributed by atoms with Gasteiger partial charge in [0.2, 0.25) is 0 Å². The van der Waals surface area contributed by atoms with Gasteiger partial charge in [0.05, 0.1) is 11.4 Å². The summed E-state index contributed by atoms with van der Waals surface area (Å²) in [5.41, 5.74) is 22.7. The molecule has 2 nitrogen and oxygen atoms in total. The van der Waals surface area contributed by atoms with E-state index < -0.39 is 0 Å².